The number of rotatable bonds is 5. The van der Waals surface area contributed by atoms with Crippen LogP contribution in [0.3, 0.4) is 0 Å². The molecule has 1 heterocycles. The number of hydrogen-bond acceptors (Lipinski definition) is 5. The average molecular weight is 277 g/mol. The fraction of sp³-hybridized carbons (Fsp3) is 0.214. The maximum absolute atomic E-state index is 11.8. The summed E-state index contributed by atoms with van der Waals surface area (Å²) in [5, 5.41) is 7.02. The van der Waals surface area contributed by atoms with Crippen LogP contribution in [0.5, 0.6) is 5.75 Å². The number of ether oxygens (including phenoxy) is 2. The molecule has 2 aromatic rings. The summed E-state index contributed by atoms with van der Waals surface area (Å²) < 4.78 is 9.93. The van der Waals surface area contributed by atoms with Crippen LogP contribution in [0.1, 0.15) is 11.6 Å². The Morgan fingerprint density at radius 3 is 2.47 bits per heavy atom. The molecule has 1 aromatic carbocycles. The van der Waals surface area contributed by atoms with Crippen molar-refractivity contribution in [2.45, 2.75) is 6.04 Å². The Hall–Kier alpha value is -2.01. The van der Waals surface area contributed by atoms with Gasteiger partial charge in [-0.3, -0.25) is 0 Å². The van der Waals surface area contributed by atoms with Gasteiger partial charge in [0, 0.05) is 5.69 Å². The first-order valence-corrected chi connectivity index (χ1v) is 6.69. The van der Waals surface area contributed by atoms with E-state index in [-0.39, 0.29) is 5.97 Å². The van der Waals surface area contributed by atoms with E-state index < -0.39 is 6.04 Å². The lowest BCUT2D eigenvalue weighted by atomic mass is 10.1. The molecule has 1 atom stereocenters. The summed E-state index contributed by atoms with van der Waals surface area (Å²) in [5.74, 6) is 0.463. The van der Waals surface area contributed by atoms with Gasteiger partial charge in [0.2, 0.25) is 0 Å². The van der Waals surface area contributed by atoms with Gasteiger partial charge in [0.05, 0.1) is 14.2 Å². The summed E-state index contributed by atoms with van der Waals surface area (Å²) in [6.07, 6.45) is 0. The van der Waals surface area contributed by atoms with E-state index in [1.807, 2.05) is 41.1 Å². The van der Waals surface area contributed by atoms with Crippen LogP contribution in [-0.4, -0.2) is 20.2 Å². The third kappa shape index (κ3) is 3.26. The Balaban J connectivity index is 2.18. The number of carbonyl (C=O) groups excluding carboxylic acids is 1. The molecular formula is C14H15NO3S. The van der Waals surface area contributed by atoms with Crippen molar-refractivity contribution in [2.24, 2.45) is 0 Å². The van der Waals surface area contributed by atoms with Gasteiger partial charge in [-0.1, -0.05) is 0 Å². The molecule has 0 fully saturated rings. The lowest BCUT2D eigenvalue weighted by Gasteiger charge is -2.16. The molecule has 5 heteroatoms. The van der Waals surface area contributed by atoms with Crippen LogP contribution in [0.4, 0.5) is 5.69 Å². The third-order valence-electron chi connectivity index (χ3n) is 2.71. The molecule has 1 N–H and O–H groups in total. The molecule has 0 radical (unpaired) electrons. The van der Waals surface area contributed by atoms with Crippen molar-refractivity contribution in [3.63, 3.8) is 0 Å². The zero-order valence-electron chi connectivity index (χ0n) is 10.8. The summed E-state index contributed by atoms with van der Waals surface area (Å²) in [7, 11) is 3.00. The Kier molecular flexibility index (Phi) is 4.41. The van der Waals surface area contributed by atoms with Gasteiger partial charge < -0.3 is 14.8 Å². The number of carbonyl (C=O) groups is 1. The molecule has 19 heavy (non-hydrogen) atoms. The number of anilines is 1. The van der Waals surface area contributed by atoms with Gasteiger partial charge in [0.25, 0.3) is 0 Å². The molecule has 4 nitrogen and oxygen atoms in total. The molecule has 2 rings (SSSR count). The lowest BCUT2D eigenvalue weighted by molar-refractivity contribution is -0.141. The molecule has 1 aromatic heterocycles. The van der Waals surface area contributed by atoms with Gasteiger partial charge in [0.15, 0.2) is 6.04 Å². The van der Waals surface area contributed by atoms with Crippen LogP contribution in [0.2, 0.25) is 0 Å². The van der Waals surface area contributed by atoms with Crippen molar-refractivity contribution in [1.82, 2.24) is 0 Å². The summed E-state index contributed by atoms with van der Waals surface area (Å²) >= 11 is 1.54. The van der Waals surface area contributed by atoms with Gasteiger partial charge in [-0.2, -0.15) is 11.3 Å². The van der Waals surface area contributed by atoms with E-state index >= 15 is 0 Å². The van der Waals surface area contributed by atoms with E-state index in [2.05, 4.69) is 5.32 Å². The van der Waals surface area contributed by atoms with Gasteiger partial charge >= 0.3 is 5.97 Å². The Morgan fingerprint density at radius 1 is 1.21 bits per heavy atom. The SMILES string of the molecule is COC(=O)C(Nc1ccc(OC)cc1)c1ccsc1. The predicted octanol–water partition coefficient (Wildman–Crippen LogP) is 3.08. The van der Waals surface area contributed by atoms with Crippen LogP contribution in [-0.2, 0) is 9.53 Å². The van der Waals surface area contributed by atoms with Crippen molar-refractivity contribution in [1.29, 1.82) is 0 Å². The number of esters is 1. The highest BCUT2D eigenvalue weighted by molar-refractivity contribution is 7.08. The Labute approximate surface area is 116 Å². The molecule has 100 valence electrons. The van der Waals surface area contributed by atoms with Crippen LogP contribution in [0.15, 0.2) is 41.1 Å². The Morgan fingerprint density at radius 2 is 1.95 bits per heavy atom. The van der Waals surface area contributed by atoms with Crippen LogP contribution in [0.25, 0.3) is 0 Å². The molecule has 0 saturated carbocycles. The molecule has 0 saturated heterocycles. The van der Waals surface area contributed by atoms with Crippen molar-refractivity contribution < 1.29 is 14.3 Å². The largest absolute Gasteiger partial charge is 0.497 e. The topological polar surface area (TPSA) is 47.6 Å². The number of benzene rings is 1. The fourth-order valence-electron chi connectivity index (χ4n) is 1.69. The van der Waals surface area contributed by atoms with Crippen LogP contribution < -0.4 is 10.1 Å². The van der Waals surface area contributed by atoms with Crippen LogP contribution in [0, 0.1) is 0 Å². The zero-order valence-corrected chi connectivity index (χ0v) is 11.6. The number of nitrogens with one attached hydrogen (secondary N) is 1. The van der Waals surface area contributed by atoms with Gasteiger partial charge in [-0.15, -0.1) is 0 Å². The second kappa shape index (κ2) is 6.24. The molecule has 0 aliphatic heterocycles. The Bertz CT molecular complexity index is 522. The van der Waals surface area contributed by atoms with Gasteiger partial charge in [0.1, 0.15) is 5.75 Å². The predicted molar refractivity (Wildman–Crippen MR) is 75.7 cm³/mol. The van der Waals surface area contributed by atoms with E-state index in [0.717, 1.165) is 17.0 Å². The van der Waals surface area contributed by atoms with Crippen molar-refractivity contribution in [3.05, 3.63) is 46.7 Å². The van der Waals surface area contributed by atoms with E-state index in [1.54, 1.807) is 18.4 Å². The standard InChI is InChI=1S/C14H15NO3S/c1-17-12-5-3-11(4-6-12)15-13(14(16)18-2)10-7-8-19-9-10/h3-9,13,15H,1-2H3. The normalized spacial score (nSPS) is 11.7. The lowest BCUT2D eigenvalue weighted by Crippen LogP contribution is -2.21. The fourth-order valence-corrected chi connectivity index (χ4v) is 2.38. The van der Waals surface area contributed by atoms with Crippen molar-refractivity contribution in [2.75, 3.05) is 19.5 Å². The monoisotopic (exact) mass is 277 g/mol. The molecule has 1 unspecified atom stereocenters. The highest BCUT2D eigenvalue weighted by Gasteiger charge is 2.21. The first-order chi connectivity index (χ1) is 9.24. The number of hydrogen-bond donors (Lipinski definition) is 1. The smallest absolute Gasteiger partial charge is 0.333 e. The van der Waals surface area contributed by atoms with E-state index in [0.29, 0.717) is 0 Å². The third-order valence-corrected chi connectivity index (χ3v) is 3.42. The molecule has 0 amide bonds. The number of methoxy groups -OCH3 is 2. The van der Waals surface area contributed by atoms with Crippen molar-refractivity contribution in [3.8, 4) is 5.75 Å². The molecule has 0 aliphatic rings. The summed E-state index contributed by atoms with van der Waals surface area (Å²) in [4.78, 5) is 11.8. The van der Waals surface area contributed by atoms with Gasteiger partial charge in [-0.05, 0) is 46.7 Å². The summed E-state index contributed by atoms with van der Waals surface area (Å²) in [6, 6.07) is 8.81. The maximum Gasteiger partial charge on any atom is 0.333 e. The highest BCUT2D eigenvalue weighted by Crippen LogP contribution is 2.24. The first kappa shape index (κ1) is 13.4. The van der Waals surface area contributed by atoms with E-state index in [4.69, 9.17) is 9.47 Å². The minimum Gasteiger partial charge on any atom is -0.497 e. The molecule has 0 bridgehead atoms. The van der Waals surface area contributed by atoms with E-state index in [1.165, 1.54) is 7.11 Å². The summed E-state index contributed by atoms with van der Waals surface area (Å²) in [5.41, 5.74) is 1.73. The first-order valence-electron chi connectivity index (χ1n) is 5.75. The average Bonchev–Trinajstić information content (AvgIpc) is 2.98. The molecule has 0 spiro atoms. The molecule has 0 aliphatic carbocycles. The zero-order chi connectivity index (χ0) is 13.7. The highest BCUT2D eigenvalue weighted by atomic mass is 32.1. The van der Waals surface area contributed by atoms with E-state index in [9.17, 15) is 4.79 Å². The maximum atomic E-state index is 11.8. The summed E-state index contributed by atoms with van der Waals surface area (Å²) in [6.45, 7) is 0. The quantitative estimate of drug-likeness (QED) is 0.853. The second-order valence-corrected chi connectivity index (χ2v) is 4.67. The molecular weight excluding hydrogens is 262 g/mol. The number of thiophene rings is 1. The van der Waals surface area contributed by atoms with Gasteiger partial charge in [-0.25, -0.2) is 4.79 Å². The minimum atomic E-state index is -0.496. The minimum absolute atomic E-state index is 0.311. The van der Waals surface area contributed by atoms with Crippen LogP contribution >= 0.6 is 11.3 Å². The van der Waals surface area contributed by atoms with Crippen molar-refractivity contribution >= 4 is 23.0 Å². The second-order valence-electron chi connectivity index (χ2n) is 3.89.